The Labute approximate surface area is 178 Å². The van der Waals surface area contributed by atoms with Gasteiger partial charge in [-0.2, -0.15) is 0 Å². The Balaban J connectivity index is 1.68. The minimum absolute atomic E-state index is 0.0356. The Kier molecular flexibility index (Phi) is 4.31. The molecule has 30 heavy (non-hydrogen) atoms. The van der Waals surface area contributed by atoms with E-state index in [1.165, 1.54) is 11.0 Å². The molecule has 1 saturated heterocycles. The number of likely N-dealkylation sites (N-methyl/N-ethyl adjacent to an activating group) is 1. The van der Waals surface area contributed by atoms with E-state index in [2.05, 4.69) is 4.99 Å². The number of carbonyl (C=O) groups is 1. The van der Waals surface area contributed by atoms with E-state index in [-0.39, 0.29) is 16.9 Å². The van der Waals surface area contributed by atoms with Crippen molar-refractivity contribution in [2.24, 2.45) is 10.7 Å². The highest BCUT2D eigenvalue weighted by atomic mass is 35.5. The summed E-state index contributed by atoms with van der Waals surface area (Å²) in [5, 5.41) is 0.0356. The van der Waals surface area contributed by atoms with Gasteiger partial charge in [-0.15, -0.1) is 0 Å². The number of benzene rings is 2. The summed E-state index contributed by atoms with van der Waals surface area (Å²) in [6.45, 7) is 1.07. The number of nitrogens with two attached hydrogens (primary N) is 1. The number of guanidine groups is 1. The van der Waals surface area contributed by atoms with Crippen molar-refractivity contribution in [2.75, 3.05) is 20.3 Å². The van der Waals surface area contributed by atoms with Crippen LogP contribution >= 0.6 is 11.6 Å². The van der Waals surface area contributed by atoms with Crippen molar-refractivity contribution < 1.29 is 18.7 Å². The van der Waals surface area contributed by atoms with Crippen LogP contribution in [0.15, 0.2) is 41.4 Å². The largest absolute Gasteiger partial charge is 0.484 e. The SMILES string of the molecule is CN1C(=O)[C@@]2(C[C@]3(CCCOC3)Oc3ccc(-c4ccc(F)c(Cl)c4)cc32)N=C1N. The Bertz CT molecular complexity index is 1080. The van der Waals surface area contributed by atoms with Crippen LogP contribution in [0.25, 0.3) is 11.1 Å². The lowest BCUT2D eigenvalue weighted by molar-refractivity contribution is -0.139. The molecular formula is C22H21ClFN3O3. The summed E-state index contributed by atoms with van der Waals surface area (Å²) in [7, 11) is 1.62. The van der Waals surface area contributed by atoms with E-state index in [1.54, 1.807) is 19.2 Å². The molecule has 5 rings (SSSR count). The van der Waals surface area contributed by atoms with Crippen LogP contribution in [0.3, 0.4) is 0 Å². The molecule has 1 amide bonds. The molecule has 0 radical (unpaired) electrons. The number of hydrogen-bond donors (Lipinski definition) is 1. The van der Waals surface area contributed by atoms with E-state index in [1.807, 2.05) is 18.2 Å². The van der Waals surface area contributed by atoms with Crippen LogP contribution in [0, 0.1) is 5.82 Å². The third kappa shape index (κ3) is 2.80. The maximum Gasteiger partial charge on any atom is 0.261 e. The van der Waals surface area contributed by atoms with Gasteiger partial charge in [-0.3, -0.25) is 9.69 Å². The van der Waals surface area contributed by atoms with Crippen LogP contribution in [-0.4, -0.2) is 42.6 Å². The van der Waals surface area contributed by atoms with E-state index in [4.69, 9.17) is 26.8 Å². The first-order valence-electron chi connectivity index (χ1n) is 9.84. The van der Waals surface area contributed by atoms with E-state index >= 15 is 0 Å². The number of hydrogen-bond acceptors (Lipinski definition) is 5. The number of ether oxygens (including phenoxy) is 2. The molecule has 1 fully saturated rings. The van der Waals surface area contributed by atoms with Gasteiger partial charge in [0.15, 0.2) is 11.5 Å². The second-order valence-electron chi connectivity index (χ2n) is 8.15. The fourth-order valence-corrected chi connectivity index (χ4v) is 4.85. The van der Waals surface area contributed by atoms with E-state index in [0.29, 0.717) is 30.9 Å². The van der Waals surface area contributed by atoms with Gasteiger partial charge in [-0.1, -0.05) is 23.7 Å². The molecule has 2 aromatic carbocycles. The van der Waals surface area contributed by atoms with Gasteiger partial charge >= 0.3 is 0 Å². The molecule has 0 aliphatic carbocycles. The second-order valence-corrected chi connectivity index (χ2v) is 8.56. The molecule has 3 aliphatic rings. The molecule has 0 saturated carbocycles. The van der Waals surface area contributed by atoms with Gasteiger partial charge in [0.25, 0.3) is 5.91 Å². The van der Waals surface area contributed by atoms with Crippen molar-refractivity contribution in [1.29, 1.82) is 0 Å². The van der Waals surface area contributed by atoms with Gasteiger partial charge in [0, 0.05) is 25.6 Å². The molecule has 2 spiro atoms. The summed E-state index contributed by atoms with van der Waals surface area (Å²) in [4.78, 5) is 19.4. The lowest BCUT2D eigenvalue weighted by atomic mass is 9.74. The predicted octanol–water partition coefficient (Wildman–Crippen LogP) is 3.46. The molecule has 0 bridgehead atoms. The molecule has 3 heterocycles. The number of nitrogens with zero attached hydrogens (tertiary/aromatic N) is 2. The minimum Gasteiger partial charge on any atom is -0.484 e. The minimum atomic E-state index is -1.17. The molecule has 3 aliphatic heterocycles. The van der Waals surface area contributed by atoms with Crippen molar-refractivity contribution in [1.82, 2.24) is 4.90 Å². The van der Waals surface area contributed by atoms with Crippen molar-refractivity contribution in [3.63, 3.8) is 0 Å². The van der Waals surface area contributed by atoms with E-state index < -0.39 is 17.0 Å². The Morgan fingerprint density at radius 3 is 2.67 bits per heavy atom. The molecule has 156 valence electrons. The van der Waals surface area contributed by atoms with E-state index in [0.717, 1.165) is 24.0 Å². The topological polar surface area (TPSA) is 77.2 Å². The van der Waals surface area contributed by atoms with Crippen molar-refractivity contribution in [3.05, 3.63) is 52.8 Å². The fraction of sp³-hybridized carbons (Fsp3) is 0.364. The number of carbonyl (C=O) groups excluding carboxylic acids is 1. The Morgan fingerprint density at radius 2 is 2.00 bits per heavy atom. The highest BCUT2D eigenvalue weighted by molar-refractivity contribution is 6.31. The number of amides is 1. The predicted molar refractivity (Wildman–Crippen MR) is 111 cm³/mol. The van der Waals surface area contributed by atoms with Crippen LogP contribution in [0.2, 0.25) is 5.02 Å². The zero-order chi connectivity index (χ0) is 21.1. The number of aliphatic imine (C=N–C) groups is 1. The standard InChI is InChI=1S/C22H21ClFN3O3/c1-27-19(28)22(26-20(27)25)11-21(7-2-8-29-12-21)30-18-6-4-13(9-15(18)22)14-3-5-17(24)16(23)10-14/h3-6,9-10H,2,7-8,11-12H2,1H3,(H2,25,26)/t21-,22-/m0/s1. The molecule has 0 unspecified atom stereocenters. The van der Waals surface area contributed by atoms with Crippen LogP contribution < -0.4 is 10.5 Å². The highest BCUT2D eigenvalue weighted by Crippen LogP contribution is 2.51. The molecule has 6 nitrogen and oxygen atoms in total. The second kappa shape index (κ2) is 6.68. The summed E-state index contributed by atoms with van der Waals surface area (Å²) in [5.41, 5.74) is 6.42. The first-order chi connectivity index (χ1) is 14.3. The Morgan fingerprint density at radius 1 is 1.23 bits per heavy atom. The first-order valence-corrected chi connectivity index (χ1v) is 10.2. The van der Waals surface area contributed by atoms with Crippen LogP contribution in [0.5, 0.6) is 5.75 Å². The highest BCUT2D eigenvalue weighted by Gasteiger charge is 2.58. The van der Waals surface area contributed by atoms with Crippen molar-refractivity contribution >= 4 is 23.5 Å². The summed E-state index contributed by atoms with van der Waals surface area (Å²) in [6.07, 6.45) is 1.97. The average Bonchev–Trinajstić information content (AvgIpc) is 2.94. The zero-order valence-electron chi connectivity index (χ0n) is 16.5. The van der Waals surface area contributed by atoms with Crippen LogP contribution in [-0.2, 0) is 15.1 Å². The van der Waals surface area contributed by atoms with Gasteiger partial charge in [0.2, 0.25) is 0 Å². The number of halogens is 2. The summed E-state index contributed by atoms with van der Waals surface area (Å²) >= 11 is 5.97. The maximum absolute atomic E-state index is 13.6. The van der Waals surface area contributed by atoms with Crippen molar-refractivity contribution in [2.45, 2.75) is 30.4 Å². The zero-order valence-corrected chi connectivity index (χ0v) is 17.2. The molecule has 8 heteroatoms. The van der Waals surface area contributed by atoms with Crippen LogP contribution in [0.1, 0.15) is 24.8 Å². The lowest BCUT2D eigenvalue weighted by Gasteiger charge is -2.46. The molecule has 2 N–H and O–H groups in total. The van der Waals surface area contributed by atoms with Gasteiger partial charge in [0.1, 0.15) is 17.2 Å². The first kappa shape index (κ1) is 19.3. The smallest absolute Gasteiger partial charge is 0.261 e. The normalized spacial score (nSPS) is 27.9. The summed E-state index contributed by atoms with van der Waals surface area (Å²) in [6, 6.07) is 10.1. The molecule has 2 aromatic rings. The van der Waals surface area contributed by atoms with Gasteiger partial charge in [-0.05, 0) is 48.2 Å². The number of rotatable bonds is 1. The number of fused-ring (bicyclic) bond motifs is 2. The van der Waals surface area contributed by atoms with Gasteiger partial charge in [0.05, 0.1) is 11.6 Å². The summed E-state index contributed by atoms with van der Waals surface area (Å²) in [5.74, 6) is 0.0880. The van der Waals surface area contributed by atoms with Gasteiger partial charge in [-0.25, -0.2) is 9.38 Å². The van der Waals surface area contributed by atoms with Gasteiger partial charge < -0.3 is 15.2 Å². The van der Waals surface area contributed by atoms with Crippen molar-refractivity contribution in [3.8, 4) is 16.9 Å². The monoisotopic (exact) mass is 429 g/mol. The van der Waals surface area contributed by atoms with E-state index in [9.17, 15) is 9.18 Å². The maximum atomic E-state index is 13.6. The quantitative estimate of drug-likeness (QED) is 0.753. The summed E-state index contributed by atoms with van der Waals surface area (Å²) < 4.78 is 25.7. The third-order valence-electron chi connectivity index (χ3n) is 6.18. The molecular weight excluding hydrogens is 409 g/mol. The lowest BCUT2D eigenvalue weighted by Crippen LogP contribution is -2.55. The average molecular weight is 430 g/mol. The Hall–Kier alpha value is -2.64. The fourth-order valence-electron chi connectivity index (χ4n) is 4.67. The molecule has 0 aromatic heterocycles. The third-order valence-corrected chi connectivity index (χ3v) is 6.47. The molecule has 2 atom stereocenters. The van der Waals surface area contributed by atoms with Crippen LogP contribution in [0.4, 0.5) is 4.39 Å².